The lowest BCUT2D eigenvalue weighted by atomic mass is 10.1. The van der Waals surface area contributed by atoms with Gasteiger partial charge < -0.3 is 20.5 Å². The quantitative estimate of drug-likeness (QED) is 0.693. The first kappa shape index (κ1) is 20.6. The van der Waals surface area contributed by atoms with Crippen molar-refractivity contribution in [3.8, 4) is 11.5 Å². The fourth-order valence-electron chi connectivity index (χ4n) is 2.37. The number of nitrogen functional groups attached to an aromatic ring is 1. The van der Waals surface area contributed by atoms with Gasteiger partial charge in [0.25, 0.3) is 0 Å². The second-order valence-electron chi connectivity index (χ2n) is 5.27. The number of carbonyl (C=O) groups is 1. The number of nitrogens with one attached hydrogen (secondary N) is 1. The molecule has 25 heavy (non-hydrogen) atoms. The molecular formula is C19H25ClN2O3. The standard InChI is InChI=1S/C19H24N2O3.ClH/c1-3-23-15-10-11-18(24-4-2)17(13-15)21-19(22)12-9-14-7-5-6-8-16(14)20;/h5-8,10-11,13H,3-4,9,12,20H2,1-2H3,(H,21,22);1H. The van der Waals surface area contributed by atoms with Gasteiger partial charge in [0.05, 0.1) is 18.9 Å². The number of anilines is 2. The fourth-order valence-corrected chi connectivity index (χ4v) is 2.37. The van der Waals surface area contributed by atoms with Crippen LogP contribution in [0, 0.1) is 0 Å². The largest absolute Gasteiger partial charge is 0.494 e. The lowest BCUT2D eigenvalue weighted by molar-refractivity contribution is -0.116. The Morgan fingerprint density at radius 2 is 1.80 bits per heavy atom. The maximum Gasteiger partial charge on any atom is 0.224 e. The van der Waals surface area contributed by atoms with Gasteiger partial charge >= 0.3 is 0 Å². The van der Waals surface area contributed by atoms with Crippen LogP contribution in [0.2, 0.25) is 0 Å². The highest BCUT2D eigenvalue weighted by molar-refractivity contribution is 5.92. The van der Waals surface area contributed by atoms with E-state index in [0.29, 0.717) is 48.9 Å². The van der Waals surface area contributed by atoms with Gasteiger partial charge in [-0.1, -0.05) is 18.2 Å². The van der Waals surface area contributed by atoms with Crippen molar-refractivity contribution in [2.24, 2.45) is 0 Å². The Bertz CT molecular complexity index is 692. The Balaban J connectivity index is 0.00000312. The van der Waals surface area contributed by atoms with Gasteiger partial charge in [-0.2, -0.15) is 0 Å². The second-order valence-corrected chi connectivity index (χ2v) is 5.27. The maximum atomic E-state index is 12.3. The number of hydrogen-bond acceptors (Lipinski definition) is 4. The van der Waals surface area contributed by atoms with Crippen LogP contribution in [0.5, 0.6) is 11.5 Å². The van der Waals surface area contributed by atoms with Crippen molar-refractivity contribution in [1.29, 1.82) is 0 Å². The molecular weight excluding hydrogens is 340 g/mol. The molecule has 2 aromatic rings. The molecule has 3 N–H and O–H groups in total. The van der Waals surface area contributed by atoms with Crippen LogP contribution in [0.1, 0.15) is 25.8 Å². The summed E-state index contributed by atoms with van der Waals surface area (Å²) in [5, 5.41) is 2.90. The van der Waals surface area contributed by atoms with Crippen LogP contribution in [0.4, 0.5) is 11.4 Å². The topological polar surface area (TPSA) is 73.6 Å². The average molecular weight is 365 g/mol. The number of hydrogen-bond donors (Lipinski definition) is 2. The zero-order chi connectivity index (χ0) is 17.4. The van der Waals surface area contributed by atoms with Gasteiger partial charge in [-0.25, -0.2) is 0 Å². The summed E-state index contributed by atoms with van der Waals surface area (Å²) in [4.78, 5) is 12.3. The molecule has 0 bridgehead atoms. The number of para-hydroxylation sites is 1. The minimum Gasteiger partial charge on any atom is -0.494 e. The van der Waals surface area contributed by atoms with E-state index in [4.69, 9.17) is 15.2 Å². The zero-order valence-corrected chi connectivity index (χ0v) is 15.4. The summed E-state index contributed by atoms with van der Waals surface area (Å²) < 4.78 is 11.0. The highest BCUT2D eigenvalue weighted by Crippen LogP contribution is 2.29. The number of carbonyl (C=O) groups excluding carboxylic acids is 1. The van der Waals surface area contributed by atoms with E-state index in [1.54, 1.807) is 12.1 Å². The van der Waals surface area contributed by atoms with Crippen LogP contribution in [-0.4, -0.2) is 19.1 Å². The molecule has 5 nitrogen and oxygen atoms in total. The van der Waals surface area contributed by atoms with Crippen molar-refractivity contribution < 1.29 is 14.3 Å². The molecule has 0 aliphatic rings. The lowest BCUT2D eigenvalue weighted by Crippen LogP contribution is -2.14. The number of halogens is 1. The number of rotatable bonds is 8. The molecule has 6 heteroatoms. The highest BCUT2D eigenvalue weighted by atomic mass is 35.5. The molecule has 0 unspecified atom stereocenters. The van der Waals surface area contributed by atoms with E-state index in [1.807, 2.05) is 44.2 Å². The van der Waals surface area contributed by atoms with Crippen molar-refractivity contribution in [2.45, 2.75) is 26.7 Å². The molecule has 2 rings (SSSR count). The molecule has 0 aromatic heterocycles. The van der Waals surface area contributed by atoms with Crippen LogP contribution in [-0.2, 0) is 11.2 Å². The Morgan fingerprint density at radius 1 is 1.08 bits per heavy atom. The molecule has 0 saturated heterocycles. The number of ether oxygens (including phenoxy) is 2. The molecule has 0 heterocycles. The van der Waals surface area contributed by atoms with E-state index < -0.39 is 0 Å². The molecule has 2 aromatic carbocycles. The van der Waals surface area contributed by atoms with Gasteiger partial charge in [0.2, 0.25) is 5.91 Å². The fraction of sp³-hybridized carbons (Fsp3) is 0.316. The predicted octanol–water partition coefficient (Wildman–Crippen LogP) is 4.06. The van der Waals surface area contributed by atoms with E-state index in [2.05, 4.69) is 5.32 Å². The van der Waals surface area contributed by atoms with E-state index in [0.717, 1.165) is 5.56 Å². The molecule has 0 aliphatic heterocycles. The number of aryl methyl sites for hydroxylation is 1. The third-order valence-electron chi connectivity index (χ3n) is 3.51. The molecule has 0 fully saturated rings. The van der Waals surface area contributed by atoms with Gasteiger partial charge in [0.15, 0.2) is 0 Å². The number of nitrogens with two attached hydrogens (primary N) is 1. The Morgan fingerprint density at radius 3 is 2.48 bits per heavy atom. The minimum absolute atomic E-state index is 0. The first-order chi connectivity index (χ1) is 11.6. The molecule has 0 atom stereocenters. The first-order valence-electron chi connectivity index (χ1n) is 8.17. The smallest absolute Gasteiger partial charge is 0.224 e. The minimum atomic E-state index is -0.0899. The monoisotopic (exact) mass is 364 g/mol. The third kappa shape index (κ3) is 6.19. The van der Waals surface area contributed by atoms with E-state index in [1.165, 1.54) is 0 Å². The maximum absolute atomic E-state index is 12.3. The van der Waals surface area contributed by atoms with Gasteiger partial charge in [0, 0.05) is 18.2 Å². The number of benzene rings is 2. The first-order valence-corrected chi connectivity index (χ1v) is 8.17. The lowest BCUT2D eigenvalue weighted by Gasteiger charge is -2.13. The summed E-state index contributed by atoms with van der Waals surface area (Å²) in [7, 11) is 0. The van der Waals surface area contributed by atoms with Crippen molar-refractivity contribution in [3.63, 3.8) is 0 Å². The predicted molar refractivity (Wildman–Crippen MR) is 104 cm³/mol. The molecule has 0 radical (unpaired) electrons. The zero-order valence-electron chi connectivity index (χ0n) is 14.6. The van der Waals surface area contributed by atoms with Crippen LogP contribution in [0.15, 0.2) is 42.5 Å². The molecule has 0 saturated carbocycles. The summed E-state index contributed by atoms with van der Waals surface area (Å²) >= 11 is 0. The summed E-state index contributed by atoms with van der Waals surface area (Å²) in [6, 6.07) is 13.0. The molecule has 0 spiro atoms. The second kappa shape index (κ2) is 10.5. The van der Waals surface area contributed by atoms with Gasteiger partial charge in [-0.05, 0) is 44.0 Å². The van der Waals surface area contributed by atoms with E-state index >= 15 is 0 Å². The van der Waals surface area contributed by atoms with Crippen molar-refractivity contribution >= 4 is 29.7 Å². The van der Waals surface area contributed by atoms with Crippen LogP contribution in [0.3, 0.4) is 0 Å². The molecule has 0 aliphatic carbocycles. The van der Waals surface area contributed by atoms with Crippen molar-refractivity contribution in [2.75, 3.05) is 24.3 Å². The summed E-state index contributed by atoms with van der Waals surface area (Å²) in [5.41, 5.74) is 8.21. The molecule has 136 valence electrons. The van der Waals surface area contributed by atoms with Crippen molar-refractivity contribution in [1.82, 2.24) is 0 Å². The highest BCUT2D eigenvalue weighted by Gasteiger charge is 2.10. The average Bonchev–Trinajstić information content (AvgIpc) is 2.57. The van der Waals surface area contributed by atoms with Gasteiger partial charge in [0.1, 0.15) is 11.5 Å². The van der Waals surface area contributed by atoms with Crippen LogP contribution < -0.4 is 20.5 Å². The molecule has 1 amide bonds. The van der Waals surface area contributed by atoms with E-state index in [-0.39, 0.29) is 18.3 Å². The summed E-state index contributed by atoms with van der Waals surface area (Å²) in [5.74, 6) is 1.24. The Kier molecular flexibility index (Phi) is 8.64. The Labute approximate surface area is 154 Å². The van der Waals surface area contributed by atoms with Gasteiger partial charge in [-0.15, -0.1) is 12.4 Å². The van der Waals surface area contributed by atoms with Crippen LogP contribution >= 0.6 is 12.4 Å². The third-order valence-corrected chi connectivity index (χ3v) is 3.51. The summed E-state index contributed by atoms with van der Waals surface area (Å²) in [6.45, 7) is 4.91. The summed E-state index contributed by atoms with van der Waals surface area (Å²) in [6.07, 6.45) is 0.937. The van der Waals surface area contributed by atoms with Gasteiger partial charge in [-0.3, -0.25) is 4.79 Å². The SMILES string of the molecule is CCOc1ccc(OCC)c(NC(=O)CCc2ccccc2N)c1.Cl. The Hall–Kier alpha value is -2.40. The number of amides is 1. The van der Waals surface area contributed by atoms with E-state index in [9.17, 15) is 4.79 Å². The van der Waals surface area contributed by atoms with Crippen LogP contribution in [0.25, 0.3) is 0 Å². The van der Waals surface area contributed by atoms with Crippen molar-refractivity contribution in [3.05, 3.63) is 48.0 Å². The normalized spacial score (nSPS) is 9.84.